The van der Waals surface area contributed by atoms with Gasteiger partial charge in [-0.25, -0.2) is 13.4 Å². The second-order valence-electron chi connectivity index (χ2n) is 3.83. The van der Waals surface area contributed by atoms with E-state index in [1.54, 1.807) is 6.92 Å². The zero-order valence-corrected chi connectivity index (χ0v) is 14.0. The number of aromatic nitrogens is 2. The lowest BCUT2D eigenvalue weighted by Gasteiger charge is -2.10. The van der Waals surface area contributed by atoms with Gasteiger partial charge in [0.1, 0.15) is 4.90 Å². The minimum absolute atomic E-state index is 0.00246. The fraction of sp³-hybridized carbons (Fsp3) is 0.0909. The number of anilines is 1. The Labute approximate surface area is 134 Å². The van der Waals surface area contributed by atoms with Crippen molar-refractivity contribution in [2.75, 3.05) is 4.72 Å². The third kappa shape index (κ3) is 3.41. The summed E-state index contributed by atoms with van der Waals surface area (Å²) in [6.07, 6.45) is 2.71. The molecule has 0 aliphatic heterocycles. The average Bonchev–Trinajstić information content (AvgIpc) is 2.36. The predicted molar refractivity (Wildman–Crippen MR) is 81.7 cm³/mol. The highest BCUT2D eigenvalue weighted by molar-refractivity contribution is 9.10. The molecule has 0 fully saturated rings. The van der Waals surface area contributed by atoms with E-state index >= 15 is 0 Å². The van der Waals surface area contributed by atoms with Gasteiger partial charge < -0.3 is 0 Å². The van der Waals surface area contributed by atoms with Crippen molar-refractivity contribution in [2.45, 2.75) is 11.8 Å². The molecule has 2 heterocycles. The molecule has 2 aromatic heterocycles. The summed E-state index contributed by atoms with van der Waals surface area (Å²) < 4.78 is 27.3. The highest BCUT2D eigenvalue weighted by Gasteiger charge is 2.18. The molecule has 2 rings (SSSR count). The summed E-state index contributed by atoms with van der Waals surface area (Å²) >= 11 is 14.9. The number of halogens is 3. The molecule has 106 valence electrons. The van der Waals surface area contributed by atoms with Crippen LogP contribution in [0.15, 0.2) is 33.9 Å². The van der Waals surface area contributed by atoms with Crippen molar-refractivity contribution in [3.05, 3.63) is 44.7 Å². The van der Waals surface area contributed by atoms with E-state index in [0.717, 1.165) is 0 Å². The van der Waals surface area contributed by atoms with E-state index in [4.69, 9.17) is 23.2 Å². The van der Waals surface area contributed by atoms with E-state index in [0.29, 0.717) is 15.2 Å². The number of hydrogen-bond acceptors (Lipinski definition) is 4. The first-order valence-corrected chi connectivity index (χ1v) is 8.29. The fourth-order valence-corrected chi connectivity index (χ4v) is 3.34. The van der Waals surface area contributed by atoms with Gasteiger partial charge in [-0.2, -0.15) is 0 Å². The van der Waals surface area contributed by atoms with Crippen LogP contribution in [0.1, 0.15) is 5.69 Å². The van der Waals surface area contributed by atoms with Crippen LogP contribution in [0.2, 0.25) is 10.0 Å². The first-order chi connectivity index (χ1) is 9.29. The van der Waals surface area contributed by atoms with E-state index in [2.05, 4.69) is 30.6 Å². The van der Waals surface area contributed by atoms with Crippen LogP contribution in [-0.4, -0.2) is 18.4 Å². The van der Waals surface area contributed by atoms with Gasteiger partial charge in [-0.3, -0.25) is 9.71 Å². The maximum absolute atomic E-state index is 12.2. The first kappa shape index (κ1) is 15.5. The van der Waals surface area contributed by atoms with E-state index in [9.17, 15) is 8.42 Å². The number of rotatable bonds is 3. The SMILES string of the molecule is Cc1nc(NS(=O)(=O)c2cncc(Br)c2)c(Cl)cc1Cl. The molecule has 20 heavy (non-hydrogen) atoms. The smallest absolute Gasteiger partial charge is 0.262 e. The third-order valence-electron chi connectivity index (χ3n) is 2.33. The lowest BCUT2D eigenvalue weighted by Crippen LogP contribution is -2.15. The van der Waals surface area contributed by atoms with E-state index in [1.165, 1.54) is 24.5 Å². The lowest BCUT2D eigenvalue weighted by molar-refractivity contribution is 0.600. The Hall–Kier alpha value is -0.890. The maximum atomic E-state index is 12.2. The quantitative estimate of drug-likeness (QED) is 0.859. The number of nitrogens with zero attached hydrogens (tertiary/aromatic N) is 2. The molecule has 1 N–H and O–H groups in total. The van der Waals surface area contributed by atoms with Gasteiger partial charge in [0.05, 0.1) is 15.7 Å². The summed E-state index contributed by atoms with van der Waals surface area (Å²) in [5.74, 6) is 0.0218. The van der Waals surface area contributed by atoms with Crippen molar-refractivity contribution in [3.63, 3.8) is 0 Å². The molecule has 2 aromatic rings. The molecule has 0 radical (unpaired) electrons. The maximum Gasteiger partial charge on any atom is 0.264 e. The van der Waals surface area contributed by atoms with Gasteiger partial charge in [0, 0.05) is 16.9 Å². The van der Waals surface area contributed by atoms with Crippen LogP contribution in [0.25, 0.3) is 0 Å². The third-order valence-corrected chi connectivity index (χ3v) is 4.74. The Morgan fingerprint density at radius 3 is 2.55 bits per heavy atom. The Morgan fingerprint density at radius 2 is 1.90 bits per heavy atom. The van der Waals surface area contributed by atoms with Crippen molar-refractivity contribution >= 4 is 55.0 Å². The number of nitrogens with one attached hydrogen (secondary N) is 1. The summed E-state index contributed by atoms with van der Waals surface area (Å²) in [7, 11) is -3.82. The minimum Gasteiger partial charge on any atom is -0.262 e. The van der Waals surface area contributed by atoms with E-state index in [-0.39, 0.29) is 15.7 Å². The Kier molecular flexibility index (Phi) is 4.53. The van der Waals surface area contributed by atoms with Gasteiger partial charge in [0.2, 0.25) is 0 Å². The van der Waals surface area contributed by atoms with Crippen molar-refractivity contribution in [1.82, 2.24) is 9.97 Å². The predicted octanol–water partition coefficient (Wildman–Crippen LogP) is 3.66. The van der Waals surface area contributed by atoms with Crippen LogP contribution in [0.4, 0.5) is 5.82 Å². The molecule has 0 atom stereocenters. The number of pyridine rings is 2. The monoisotopic (exact) mass is 395 g/mol. The standard InChI is InChI=1S/C11H8BrCl2N3O2S/c1-6-9(13)3-10(14)11(16-6)17-20(18,19)8-2-7(12)4-15-5-8/h2-5H,1H3,(H,16,17). The van der Waals surface area contributed by atoms with Gasteiger partial charge in [0.15, 0.2) is 5.82 Å². The van der Waals surface area contributed by atoms with Crippen LogP contribution >= 0.6 is 39.1 Å². The molecule has 0 saturated heterocycles. The molecule has 0 aliphatic rings. The van der Waals surface area contributed by atoms with Gasteiger partial charge in [-0.15, -0.1) is 0 Å². The first-order valence-electron chi connectivity index (χ1n) is 5.25. The molecule has 0 aliphatic carbocycles. The minimum atomic E-state index is -3.82. The van der Waals surface area contributed by atoms with Gasteiger partial charge in [-0.1, -0.05) is 23.2 Å². The van der Waals surface area contributed by atoms with Gasteiger partial charge >= 0.3 is 0 Å². The normalized spacial score (nSPS) is 11.4. The Bertz CT molecular complexity index is 768. The van der Waals surface area contributed by atoms with Gasteiger partial charge in [-0.05, 0) is 35.0 Å². The molecule has 9 heteroatoms. The van der Waals surface area contributed by atoms with Crippen molar-refractivity contribution in [3.8, 4) is 0 Å². The Balaban J connectivity index is 2.41. The Morgan fingerprint density at radius 1 is 1.20 bits per heavy atom. The summed E-state index contributed by atoms with van der Waals surface area (Å²) in [5.41, 5.74) is 0.473. The van der Waals surface area contributed by atoms with Crippen molar-refractivity contribution < 1.29 is 8.42 Å². The zero-order valence-electron chi connectivity index (χ0n) is 10.1. The molecule has 0 bridgehead atoms. The van der Waals surface area contributed by atoms with Crippen LogP contribution in [-0.2, 0) is 10.0 Å². The lowest BCUT2D eigenvalue weighted by atomic mass is 10.4. The highest BCUT2D eigenvalue weighted by Crippen LogP contribution is 2.27. The van der Waals surface area contributed by atoms with Crippen molar-refractivity contribution in [1.29, 1.82) is 0 Å². The fourth-order valence-electron chi connectivity index (χ4n) is 1.36. The second-order valence-corrected chi connectivity index (χ2v) is 7.24. The molecule has 0 spiro atoms. The zero-order chi connectivity index (χ0) is 14.9. The molecule has 0 saturated carbocycles. The average molecular weight is 397 g/mol. The molecular weight excluding hydrogens is 389 g/mol. The highest BCUT2D eigenvalue weighted by atomic mass is 79.9. The van der Waals surface area contributed by atoms with E-state index < -0.39 is 10.0 Å². The summed E-state index contributed by atoms with van der Waals surface area (Å²) in [6.45, 7) is 1.65. The summed E-state index contributed by atoms with van der Waals surface area (Å²) in [5, 5.41) is 0.481. The largest absolute Gasteiger partial charge is 0.264 e. The summed E-state index contributed by atoms with van der Waals surface area (Å²) in [6, 6.07) is 2.86. The topological polar surface area (TPSA) is 72.0 Å². The van der Waals surface area contributed by atoms with Crippen molar-refractivity contribution in [2.24, 2.45) is 0 Å². The van der Waals surface area contributed by atoms with Crippen LogP contribution in [0.5, 0.6) is 0 Å². The van der Waals surface area contributed by atoms with Crippen LogP contribution < -0.4 is 4.72 Å². The molecule has 5 nitrogen and oxygen atoms in total. The molecule has 0 aromatic carbocycles. The number of sulfonamides is 1. The number of aryl methyl sites for hydroxylation is 1. The molecule has 0 amide bonds. The van der Waals surface area contributed by atoms with Crippen LogP contribution in [0, 0.1) is 6.92 Å². The second kappa shape index (κ2) is 5.85. The van der Waals surface area contributed by atoms with Crippen LogP contribution in [0.3, 0.4) is 0 Å². The van der Waals surface area contributed by atoms with Gasteiger partial charge in [0.25, 0.3) is 10.0 Å². The van der Waals surface area contributed by atoms with E-state index in [1.807, 2.05) is 0 Å². The molecule has 0 unspecified atom stereocenters. The number of hydrogen-bond donors (Lipinski definition) is 1. The molecular formula is C11H8BrCl2N3O2S. The summed E-state index contributed by atoms with van der Waals surface area (Å²) in [4.78, 5) is 7.82.